The number of benzene rings is 4. The van der Waals surface area contributed by atoms with E-state index in [1.54, 1.807) is 50.0 Å². The van der Waals surface area contributed by atoms with Gasteiger partial charge in [0.05, 0.1) is 50.7 Å². The fourth-order valence-electron chi connectivity index (χ4n) is 12.5. The van der Waals surface area contributed by atoms with Crippen molar-refractivity contribution >= 4 is 141 Å². The number of nitrogens with one attached hydrogen (secondary N) is 11. The summed E-state index contributed by atoms with van der Waals surface area (Å²) in [6.45, 7) is 18.8. The quantitative estimate of drug-likeness (QED) is 0.0222. The fourth-order valence-corrected chi connectivity index (χ4v) is 12.5. The van der Waals surface area contributed by atoms with Gasteiger partial charge >= 0.3 is 0 Å². The zero-order valence-electron chi connectivity index (χ0n) is 62.9. The molecule has 8 aromatic heterocycles. The highest BCUT2D eigenvalue weighted by Gasteiger charge is 2.30. The number of ether oxygens (including phenoxy) is 1. The Hall–Kier alpha value is -14.8. The first-order chi connectivity index (χ1) is 55.4. The summed E-state index contributed by atoms with van der Waals surface area (Å²) in [7, 11) is 5.40. The summed E-state index contributed by atoms with van der Waals surface area (Å²) in [6, 6.07) is 39.8. The van der Waals surface area contributed by atoms with Gasteiger partial charge in [0, 0.05) is 120 Å². The number of fused-ring (bicyclic) bond motifs is 4. The predicted octanol–water partition coefficient (Wildman–Crippen LogP) is 11.0. The molecule has 12 heterocycles. The van der Waals surface area contributed by atoms with E-state index in [9.17, 15) is 19.2 Å². The van der Waals surface area contributed by atoms with Gasteiger partial charge in [0.1, 0.15) is 0 Å². The van der Waals surface area contributed by atoms with Gasteiger partial charge in [-0.05, 0) is 128 Å². The van der Waals surface area contributed by atoms with E-state index in [-0.39, 0.29) is 30.0 Å². The number of hydrogen-bond acceptors (Lipinski definition) is 25. The van der Waals surface area contributed by atoms with Crippen LogP contribution in [0.3, 0.4) is 0 Å². The number of carbonyl (C=O) groups excluding carboxylic acids is 4. The maximum atomic E-state index is 12.1. The number of carbonyl (C=O) groups is 4. The number of amides is 4. The molecule has 11 N–H and O–H groups in total. The lowest BCUT2D eigenvalue weighted by Gasteiger charge is -2.15. The monoisotopic (exact) mass is 1530 g/mol. The highest BCUT2D eigenvalue weighted by molar-refractivity contribution is 6.03. The normalized spacial score (nSPS) is 16.8. The minimum Gasteiger partial charge on any atom is -0.383 e. The molecular formula is C81H82N28O5. The van der Waals surface area contributed by atoms with Gasteiger partial charge < -0.3 is 68.1 Å². The molecule has 114 heavy (non-hydrogen) atoms. The van der Waals surface area contributed by atoms with Crippen molar-refractivity contribution in [3.63, 3.8) is 0 Å². The number of para-hydroxylation sites is 4. The Morgan fingerprint density at radius 3 is 1.19 bits per heavy atom. The molecule has 2 aliphatic carbocycles. The molecule has 33 heteroatoms. The number of aromatic nitrogens is 16. The summed E-state index contributed by atoms with van der Waals surface area (Å²) in [6.07, 6.45) is 20.4. The summed E-state index contributed by atoms with van der Waals surface area (Å²) >= 11 is 0. The van der Waals surface area contributed by atoms with Gasteiger partial charge in [0.15, 0.2) is 22.6 Å². The molecule has 12 aromatic rings. The first-order valence-electron chi connectivity index (χ1n) is 36.9. The van der Waals surface area contributed by atoms with Crippen molar-refractivity contribution in [1.82, 2.24) is 99.6 Å². The smallest absolute Gasteiger partial charge is 0.251 e. The van der Waals surface area contributed by atoms with E-state index < -0.39 is 0 Å². The molecule has 6 aliphatic rings. The third kappa shape index (κ3) is 17.9. The zero-order chi connectivity index (χ0) is 78.9. The lowest BCUT2D eigenvalue weighted by atomic mass is 10.1. The highest BCUT2D eigenvalue weighted by atomic mass is 16.5. The van der Waals surface area contributed by atoms with Crippen LogP contribution in [-0.4, -0.2) is 148 Å². The Labute approximate surface area is 653 Å². The summed E-state index contributed by atoms with van der Waals surface area (Å²) in [5.41, 5.74) is 14.9. The molecule has 0 bridgehead atoms. The van der Waals surface area contributed by atoms with Gasteiger partial charge in [0.25, 0.3) is 5.91 Å². The lowest BCUT2D eigenvalue weighted by molar-refractivity contribution is -0.119. The fraction of sp³-hybridized carbons (Fsp3) is 0.210. The predicted molar refractivity (Wildman–Crippen MR) is 439 cm³/mol. The van der Waals surface area contributed by atoms with E-state index in [4.69, 9.17) is 9.72 Å². The van der Waals surface area contributed by atoms with E-state index in [2.05, 4.69) is 147 Å². The van der Waals surface area contributed by atoms with Gasteiger partial charge in [-0.3, -0.25) is 19.2 Å². The Bertz CT molecular complexity index is 5860. The number of rotatable bonds is 22. The average Bonchev–Trinajstić information content (AvgIpc) is 1.63. The van der Waals surface area contributed by atoms with Crippen molar-refractivity contribution < 1.29 is 23.9 Å². The van der Waals surface area contributed by atoms with Crippen LogP contribution in [0.5, 0.6) is 0 Å². The average molecular weight is 1530 g/mol. The molecule has 2 saturated carbocycles. The van der Waals surface area contributed by atoms with Crippen LogP contribution in [-0.2, 0) is 23.9 Å². The lowest BCUT2D eigenvalue weighted by Crippen LogP contribution is -2.20. The second-order valence-electron chi connectivity index (χ2n) is 27.8. The molecule has 1 atom stereocenters. The molecule has 18 rings (SSSR count). The first kappa shape index (κ1) is 74.7. The Morgan fingerprint density at radius 2 is 0.833 bits per heavy atom. The van der Waals surface area contributed by atoms with E-state index in [0.717, 1.165) is 74.6 Å². The number of anilines is 12. The zero-order valence-corrected chi connectivity index (χ0v) is 62.9. The van der Waals surface area contributed by atoms with Gasteiger partial charge in [-0.25, -0.2) is 0 Å². The Kier molecular flexibility index (Phi) is 21.8. The van der Waals surface area contributed by atoms with Crippen LogP contribution < -0.4 is 63.4 Å². The first-order valence-corrected chi connectivity index (χ1v) is 36.9. The standard InChI is InChI=1S/C22H23N7O.C20H21N7O2.C20H19N7O.C19H19N7O/c1-13-10-16(20(30)24-13)11-17-12-23-29-19(17)27-21(25-14(2)15-8-9-15)28-22(29)26-18-6-4-3-5-7-18;1-13-14(11-17(28)23-13)10-15-12-22-27-18(15)25-19(21-8-9-29-2)26-20(27)24-16-6-4-3-5-7-16;1-12-13(10-17(28)22-12)9-14-11-21-27-18(14)25-19(23-16-7-8-16)26-20(27)24-15-5-3-2-4-6-15;1-12-13(10-16(27)21-12)9-14-11-20-26-17(14)23-18(25(2)3)24-19(26)22-15-7-5-4-6-8-15/h3-7,11-12,14-15H,1,8-10H2,2H3,(H,24,30)(H2,25,26,27,28);3-7,10,12H,1,8-9,11H2,2H3,(H,23,28)(H2,21,24,25,26);2-6,9,11,16H,1,7-8,10H2,(H,22,28)(H2,23,24,25,26);4-9,11H,1,10H2,2-3H3,(H,21,27)(H,22,23,24)/b16-11+;14-10+;2*13-9+/t14-;;;/m1.../s1. The number of allylic oxidation sites excluding steroid dienone is 4. The topological polar surface area (TPSA) is 385 Å². The number of hydrogen-bond donors (Lipinski definition) is 11. The Balaban J connectivity index is 0.000000120. The summed E-state index contributed by atoms with van der Waals surface area (Å²) in [5.74, 6) is 4.67. The third-order valence-corrected chi connectivity index (χ3v) is 18.7. The SMILES string of the molecule is C=C1C/C(=C\c2cnn3c(Nc4ccccc4)nc(N[C@H](C)C4CC4)nc23)C(=O)N1.C=C1NC(=O)C/C1=C\c1cnn2c(Nc3ccccc3)nc(N(C)C)nc12.C=C1NC(=O)C/C1=C\c1cnn2c(Nc3ccccc3)nc(NC3CC3)nc12.C=C1NC(=O)C/C1=C\c1cnn2c(Nc3ccccc3)nc(NCCOC)nc12. The van der Waals surface area contributed by atoms with E-state index in [0.29, 0.717) is 149 Å². The molecular weight excluding hydrogens is 1450 g/mol. The van der Waals surface area contributed by atoms with Crippen LogP contribution in [0, 0.1) is 5.92 Å². The third-order valence-electron chi connectivity index (χ3n) is 18.7. The van der Waals surface area contributed by atoms with Crippen molar-refractivity contribution in [3.05, 3.63) is 240 Å². The molecule has 4 amide bonds. The summed E-state index contributed by atoms with van der Waals surface area (Å²) < 4.78 is 11.7. The van der Waals surface area contributed by atoms with Crippen molar-refractivity contribution in [3.8, 4) is 0 Å². The molecule has 4 saturated heterocycles. The van der Waals surface area contributed by atoms with Crippen molar-refractivity contribution in [2.45, 2.75) is 70.4 Å². The molecule has 4 aromatic carbocycles. The second kappa shape index (κ2) is 33.2. The minimum atomic E-state index is -0.128. The van der Waals surface area contributed by atoms with Crippen molar-refractivity contribution in [2.24, 2.45) is 5.92 Å². The minimum absolute atomic E-state index is 0.0510. The summed E-state index contributed by atoms with van der Waals surface area (Å²) in [5, 5.41) is 51.8. The molecule has 4 aliphatic heterocycles. The molecule has 0 unspecified atom stereocenters. The van der Waals surface area contributed by atoms with Gasteiger partial charge in [-0.1, -0.05) is 99.1 Å². The highest BCUT2D eigenvalue weighted by Crippen LogP contribution is 2.35. The molecule has 33 nitrogen and oxygen atoms in total. The van der Waals surface area contributed by atoms with Crippen molar-refractivity contribution in [1.29, 1.82) is 0 Å². The van der Waals surface area contributed by atoms with Crippen LogP contribution in [0.25, 0.3) is 46.9 Å². The summed E-state index contributed by atoms with van der Waals surface area (Å²) in [4.78, 5) is 85.8. The Morgan fingerprint density at radius 1 is 0.465 bits per heavy atom. The molecule has 0 spiro atoms. The molecule has 0 radical (unpaired) electrons. The maximum Gasteiger partial charge on any atom is 0.251 e. The maximum absolute atomic E-state index is 12.1. The second-order valence-corrected chi connectivity index (χ2v) is 27.8. The van der Waals surface area contributed by atoms with Gasteiger partial charge in [-0.2, -0.15) is 78.3 Å². The van der Waals surface area contributed by atoms with Crippen LogP contribution in [0.2, 0.25) is 0 Å². The number of methoxy groups -OCH3 is 1. The van der Waals surface area contributed by atoms with Crippen molar-refractivity contribution in [2.75, 3.05) is 76.5 Å². The van der Waals surface area contributed by atoms with Crippen LogP contribution in [0.1, 0.15) is 80.5 Å². The van der Waals surface area contributed by atoms with E-state index >= 15 is 0 Å². The van der Waals surface area contributed by atoms with Crippen LogP contribution in [0.15, 0.2) is 218 Å². The van der Waals surface area contributed by atoms with E-state index in [1.807, 2.05) is 165 Å². The molecule has 6 fully saturated rings. The molecule has 576 valence electrons. The van der Waals surface area contributed by atoms with Crippen LogP contribution >= 0.6 is 0 Å². The van der Waals surface area contributed by atoms with Gasteiger partial charge in [-0.15, -0.1) is 0 Å². The largest absolute Gasteiger partial charge is 0.383 e. The number of nitrogens with zero attached hydrogens (tertiary/aromatic N) is 17. The van der Waals surface area contributed by atoms with Crippen LogP contribution in [0.4, 0.5) is 70.3 Å². The van der Waals surface area contributed by atoms with Gasteiger partial charge in [0.2, 0.25) is 65.3 Å². The van der Waals surface area contributed by atoms with E-state index in [1.165, 1.54) is 12.8 Å².